The molecule has 2 fully saturated rings. The van der Waals surface area contributed by atoms with E-state index in [2.05, 4.69) is 10.6 Å². The second-order valence-corrected chi connectivity index (χ2v) is 7.50. The predicted molar refractivity (Wildman–Crippen MR) is 75.0 cm³/mol. The molecule has 0 aromatic rings. The fraction of sp³-hybridized carbons (Fsp3) is 1.00. The van der Waals surface area contributed by atoms with Crippen LogP contribution < -0.4 is 10.6 Å². The normalized spacial score (nSPS) is 23.3. The Labute approximate surface area is 108 Å². The van der Waals surface area contributed by atoms with Gasteiger partial charge in [0.15, 0.2) is 9.76 Å². The van der Waals surface area contributed by atoms with Gasteiger partial charge in [-0.2, -0.15) is 0 Å². The van der Waals surface area contributed by atoms with Gasteiger partial charge in [0.1, 0.15) is 0 Å². The minimum absolute atomic E-state index is 0.244. The highest BCUT2D eigenvalue weighted by Crippen LogP contribution is 2.28. The molecule has 0 aromatic heterocycles. The largest absolute Gasteiger partial charge is 0.411 e. The van der Waals surface area contributed by atoms with Crippen molar-refractivity contribution in [3.8, 4) is 0 Å². The van der Waals surface area contributed by atoms with Gasteiger partial charge in [0.25, 0.3) is 0 Å². The number of nitrogens with one attached hydrogen (secondary N) is 2. The Morgan fingerprint density at radius 1 is 0.941 bits per heavy atom. The van der Waals surface area contributed by atoms with Crippen molar-refractivity contribution < 1.29 is 4.43 Å². The number of hydrogen-bond acceptors (Lipinski definition) is 3. The van der Waals surface area contributed by atoms with Crippen molar-refractivity contribution in [1.82, 2.24) is 10.6 Å². The van der Waals surface area contributed by atoms with Gasteiger partial charge in [-0.15, -0.1) is 0 Å². The van der Waals surface area contributed by atoms with Crippen LogP contribution in [0.2, 0.25) is 5.54 Å². The van der Waals surface area contributed by atoms with Crippen LogP contribution in [0.25, 0.3) is 0 Å². The molecule has 4 heteroatoms. The van der Waals surface area contributed by atoms with Gasteiger partial charge in [-0.1, -0.05) is 38.5 Å². The molecule has 2 N–H and O–H groups in total. The molecular weight excluding hydrogens is 228 g/mol. The van der Waals surface area contributed by atoms with E-state index in [1.165, 1.54) is 51.4 Å². The van der Waals surface area contributed by atoms with Crippen LogP contribution in [0.1, 0.15) is 51.4 Å². The van der Waals surface area contributed by atoms with Crippen molar-refractivity contribution in [3.63, 3.8) is 0 Å². The van der Waals surface area contributed by atoms with Gasteiger partial charge in [0.2, 0.25) is 0 Å². The van der Waals surface area contributed by atoms with E-state index in [0.29, 0.717) is 0 Å². The van der Waals surface area contributed by atoms with Gasteiger partial charge in [-0.25, -0.2) is 0 Å². The summed E-state index contributed by atoms with van der Waals surface area (Å²) in [6, 6.07) is 0.797. The smallest absolute Gasteiger partial charge is 0.166 e. The highest BCUT2D eigenvalue weighted by molar-refractivity contribution is 6.29. The maximum Gasteiger partial charge on any atom is 0.166 e. The number of rotatable bonds is 8. The Morgan fingerprint density at radius 2 is 1.65 bits per heavy atom. The summed E-state index contributed by atoms with van der Waals surface area (Å²) in [6.07, 6.45) is 11.4. The zero-order chi connectivity index (χ0) is 11.8. The van der Waals surface area contributed by atoms with Crippen LogP contribution in [0.3, 0.4) is 0 Å². The summed E-state index contributed by atoms with van der Waals surface area (Å²) < 4.78 is 5.79. The Bertz CT molecular complexity index is 172. The SMILES string of the molecule is C1CCC(NCCNCO[SiH2]C2CCCC2)C1. The first-order valence-corrected chi connectivity index (χ1v) is 8.86. The van der Waals surface area contributed by atoms with Gasteiger partial charge in [0, 0.05) is 19.1 Å². The maximum atomic E-state index is 5.79. The topological polar surface area (TPSA) is 33.3 Å². The number of hydrogen-bond donors (Lipinski definition) is 2. The molecule has 0 aliphatic heterocycles. The highest BCUT2D eigenvalue weighted by Gasteiger charge is 2.15. The summed E-state index contributed by atoms with van der Waals surface area (Å²) in [6.45, 7) is 2.93. The van der Waals surface area contributed by atoms with Crippen LogP contribution in [-0.2, 0) is 4.43 Å². The van der Waals surface area contributed by atoms with Crippen LogP contribution in [0.4, 0.5) is 0 Å². The van der Waals surface area contributed by atoms with E-state index in [4.69, 9.17) is 4.43 Å². The Balaban J connectivity index is 1.33. The third-order valence-electron chi connectivity index (χ3n) is 4.12. The summed E-state index contributed by atoms with van der Waals surface area (Å²) in [5, 5.41) is 6.99. The summed E-state index contributed by atoms with van der Waals surface area (Å²) in [4.78, 5) is 0. The molecule has 0 radical (unpaired) electrons. The standard InChI is InChI=1S/C13H28N2OSi/c1-2-6-12(5-1)15-10-9-14-11-16-17-13-7-3-4-8-13/h12-15H,1-11,17H2. The van der Waals surface area contributed by atoms with Gasteiger partial charge < -0.3 is 9.74 Å². The summed E-state index contributed by atoms with van der Waals surface area (Å²) in [7, 11) is -0.244. The maximum absolute atomic E-state index is 5.79. The molecule has 0 bridgehead atoms. The quantitative estimate of drug-likeness (QED) is 0.392. The monoisotopic (exact) mass is 256 g/mol. The molecule has 2 aliphatic carbocycles. The van der Waals surface area contributed by atoms with Crippen molar-refractivity contribution >= 4 is 9.76 Å². The predicted octanol–water partition coefficient (Wildman–Crippen LogP) is 1.53. The Kier molecular flexibility index (Phi) is 6.56. The molecular formula is C13H28N2OSi. The van der Waals surface area contributed by atoms with Crippen LogP contribution in [0.5, 0.6) is 0 Å². The van der Waals surface area contributed by atoms with E-state index in [-0.39, 0.29) is 9.76 Å². The Morgan fingerprint density at radius 3 is 2.41 bits per heavy atom. The van der Waals surface area contributed by atoms with Gasteiger partial charge >= 0.3 is 0 Å². The zero-order valence-corrected chi connectivity index (χ0v) is 12.5. The van der Waals surface area contributed by atoms with E-state index in [9.17, 15) is 0 Å². The van der Waals surface area contributed by atoms with Crippen LogP contribution in [0, 0.1) is 0 Å². The van der Waals surface area contributed by atoms with Crippen molar-refractivity contribution in [2.24, 2.45) is 0 Å². The molecule has 0 aromatic carbocycles. The Hall–Kier alpha value is 0.0969. The summed E-state index contributed by atoms with van der Waals surface area (Å²) in [5.41, 5.74) is 0.980. The molecule has 2 aliphatic rings. The lowest BCUT2D eigenvalue weighted by atomic mass is 10.2. The summed E-state index contributed by atoms with van der Waals surface area (Å²) >= 11 is 0. The lowest BCUT2D eigenvalue weighted by Gasteiger charge is -2.13. The van der Waals surface area contributed by atoms with Gasteiger partial charge in [-0.05, 0) is 18.4 Å². The fourth-order valence-corrected chi connectivity index (χ4v) is 4.55. The molecule has 0 amide bonds. The highest BCUT2D eigenvalue weighted by atomic mass is 28.2. The third-order valence-corrected chi connectivity index (χ3v) is 5.85. The fourth-order valence-electron chi connectivity index (χ4n) is 3.04. The second kappa shape index (κ2) is 8.24. The first-order chi connectivity index (χ1) is 8.45. The van der Waals surface area contributed by atoms with E-state index in [1.54, 1.807) is 0 Å². The van der Waals surface area contributed by atoms with Crippen molar-refractivity contribution in [1.29, 1.82) is 0 Å². The lowest BCUT2D eigenvalue weighted by molar-refractivity contribution is 0.291. The lowest BCUT2D eigenvalue weighted by Crippen LogP contribution is -2.34. The van der Waals surface area contributed by atoms with Crippen LogP contribution >= 0.6 is 0 Å². The second-order valence-electron chi connectivity index (χ2n) is 5.60. The average molecular weight is 256 g/mol. The molecule has 0 spiro atoms. The van der Waals surface area contributed by atoms with Crippen molar-refractivity contribution in [3.05, 3.63) is 0 Å². The average Bonchev–Trinajstić information content (AvgIpc) is 3.00. The van der Waals surface area contributed by atoms with E-state index < -0.39 is 0 Å². The molecule has 0 saturated heterocycles. The summed E-state index contributed by atoms with van der Waals surface area (Å²) in [5.74, 6) is 0. The van der Waals surface area contributed by atoms with Gasteiger partial charge in [-0.3, -0.25) is 5.32 Å². The molecule has 0 unspecified atom stereocenters. The molecule has 17 heavy (non-hydrogen) atoms. The van der Waals surface area contributed by atoms with Crippen LogP contribution in [-0.4, -0.2) is 35.6 Å². The van der Waals surface area contributed by atoms with E-state index in [1.807, 2.05) is 0 Å². The molecule has 3 nitrogen and oxygen atoms in total. The third kappa shape index (κ3) is 5.51. The van der Waals surface area contributed by atoms with E-state index in [0.717, 1.165) is 31.4 Å². The molecule has 100 valence electrons. The van der Waals surface area contributed by atoms with Crippen molar-refractivity contribution in [2.75, 3.05) is 19.8 Å². The van der Waals surface area contributed by atoms with Crippen LogP contribution in [0.15, 0.2) is 0 Å². The first-order valence-electron chi connectivity index (χ1n) is 7.47. The molecule has 0 atom stereocenters. The first kappa shape index (κ1) is 13.5. The zero-order valence-electron chi connectivity index (χ0n) is 11.0. The van der Waals surface area contributed by atoms with Crippen molar-refractivity contribution in [2.45, 2.75) is 62.9 Å². The minimum atomic E-state index is -0.244. The van der Waals surface area contributed by atoms with Gasteiger partial charge in [0.05, 0.1) is 6.73 Å². The molecule has 0 heterocycles. The molecule has 2 saturated carbocycles. The van der Waals surface area contributed by atoms with E-state index >= 15 is 0 Å². The molecule has 2 rings (SSSR count). The minimum Gasteiger partial charge on any atom is -0.411 e.